The SMILES string of the molecule is CCOC(=O)C1CC12CCC(c1ccnc3cc4c(cc13)OCO4)CC2.O=C(Cc1ccc(Cl)cc1)C1CC12CCC(c1ccnc3cc4c(cc13)OCO4)CC2. The lowest BCUT2D eigenvalue weighted by molar-refractivity contribution is -0.145. The minimum absolute atomic E-state index is 0.00743. The van der Waals surface area contributed by atoms with Crippen molar-refractivity contribution in [2.24, 2.45) is 22.7 Å². The molecule has 5 aromatic rings. The maximum Gasteiger partial charge on any atom is 0.309 e. The van der Waals surface area contributed by atoms with E-state index in [2.05, 4.69) is 34.2 Å². The number of aromatic nitrogens is 2. The molecule has 57 heavy (non-hydrogen) atoms. The Bertz CT molecular complexity index is 2360. The summed E-state index contributed by atoms with van der Waals surface area (Å²) in [4.78, 5) is 34.0. The molecule has 0 amide bonds. The number of nitrogens with zero attached hydrogens (tertiary/aromatic N) is 2. The summed E-state index contributed by atoms with van der Waals surface area (Å²) < 4.78 is 27.4. The van der Waals surface area contributed by atoms with E-state index in [1.54, 1.807) is 0 Å². The lowest BCUT2D eigenvalue weighted by Crippen LogP contribution is -2.20. The summed E-state index contributed by atoms with van der Waals surface area (Å²) in [6, 6.07) is 20.1. The number of esters is 1. The van der Waals surface area contributed by atoms with Crippen molar-refractivity contribution in [3.63, 3.8) is 0 Å². The highest BCUT2D eigenvalue weighted by Crippen LogP contribution is 2.65. The minimum atomic E-state index is 0.00743. The number of carbonyl (C=O) groups is 2. The van der Waals surface area contributed by atoms with Crippen LogP contribution in [-0.4, -0.2) is 41.9 Å². The molecule has 9 nitrogen and oxygen atoms in total. The summed E-state index contributed by atoms with van der Waals surface area (Å²) in [7, 11) is 0. The molecule has 4 heterocycles. The van der Waals surface area contributed by atoms with Gasteiger partial charge in [-0.1, -0.05) is 23.7 Å². The molecule has 11 rings (SSSR count). The van der Waals surface area contributed by atoms with E-state index in [9.17, 15) is 9.59 Å². The number of fused-ring (bicyclic) bond motifs is 4. The number of hydrogen-bond acceptors (Lipinski definition) is 9. The zero-order valence-corrected chi connectivity index (χ0v) is 33.0. The Morgan fingerprint density at radius 3 is 1.67 bits per heavy atom. The van der Waals surface area contributed by atoms with E-state index in [4.69, 9.17) is 35.3 Å². The van der Waals surface area contributed by atoms with E-state index < -0.39 is 0 Å². The number of ketones is 1. The molecule has 294 valence electrons. The number of benzene rings is 3. The van der Waals surface area contributed by atoms with Crippen LogP contribution in [0.25, 0.3) is 21.8 Å². The fraction of sp³-hybridized carbons (Fsp3) is 0.447. The number of ether oxygens (including phenoxy) is 5. The van der Waals surface area contributed by atoms with Crippen LogP contribution >= 0.6 is 11.6 Å². The van der Waals surface area contributed by atoms with Gasteiger partial charge in [0.05, 0.1) is 23.6 Å². The van der Waals surface area contributed by atoms with Gasteiger partial charge in [0.2, 0.25) is 13.6 Å². The number of halogens is 1. The molecule has 2 aliphatic heterocycles. The van der Waals surface area contributed by atoms with E-state index in [0.29, 0.717) is 35.7 Å². The molecule has 2 atom stereocenters. The van der Waals surface area contributed by atoms with Crippen molar-refractivity contribution in [2.45, 2.75) is 89.4 Å². The Hall–Kier alpha value is -4.89. The van der Waals surface area contributed by atoms with E-state index in [0.717, 1.165) is 109 Å². The number of rotatable bonds is 7. The number of pyridine rings is 2. The maximum atomic E-state index is 12.9. The first-order valence-corrected chi connectivity index (χ1v) is 21.0. The van der Waals surface area contributed by atoms with Gasteiger partial charge in [0.15, 0.2) is 23.0 Å². The summed E-state index contributed by atoms with van der Waals surface area (Å²) in [5, 5.41) is 3.04. The van der Waals surface area contributed by atoms with Crippen LogP contribution < -0.4 is 18.9 Å². The Morgan fingerprint density at radius 1 is 0.684 bits per heavy atom. The fourth-order valence-corrected chi connectivity index (χ4v) is 10.7. The molecule has 0 N–H and O–H groups in total. The van der Waals surface area contributed by atoms with Crippen LogP contribution in [0.3, 0.4) is 0 Å². The normalized spacial score (nSPS) is 27.6. The molecule has 4 saturated carbocycles. The molecule has 2 unspecified atom stereocenters. The van der Waals surface area contributed by atoms with Crippen LogP contribution in [0.15, 0.2) is 73.1 Å². The lowest BCUT2D eigenvalue weighted by Gasteiger charge is -2.30. The summed E-state index contributed by atoms with van der Waals surface area (Å²) in [6.07, 6.45) is 15.3. The lowest BCUT2D eigenvalue weighted by atomic mass is 9.74. The highest BCUT2D eigenvalue weighted by molar-refractivity contribution is 6.30. The first kappa shape index (κ1) is 36.5. The van der Waals surface area contributed by atoms with Crippen molar-refractivity contribution in [2.75, 3.05) is 20.2 Å². The van der Waals surface area contributed by atoms with Crippen LogP contribution in [0.5, 0.6) is 23.0 Å². The molecule has 0 radical (unpaired) electrons. The van der Waals surface area contributed by atoms with Gasteiger partial charge in [0.25, 0.3) is 0 Å². The van der Waals surface area contributed by atoms with Gasteiger partial charge in [0.1, 0.15) is 5.78 Å². The highest BCUT2D eigenvalue weighted by Gasteiger charge is 2.60. The largest absolute Gasteiger partial charge is 0.466 e. The van der Waals surface area contributed by atoms with E-state index in [1.807, 2.05) is 55.7 Å². The second-order valence-corrected chi connectivity index (χ2v) is 17.5. The predicted octanol–water partition coefficient (Wildman–Crippen LogP) is 10.3. The third kappa shape index (κ3) is 6.85. The monoisotopic (exact) mass is 786 g/mol. The molecule has 6 aliphatic rings. The molecular weight excluding hydrogens is 740 g/mol. The van der Waals surface area contributed by atoms with Crippen molar-refractivity contribution in [1.82, 2.24) is 9.97 Å². The van der Waals surface area contributed by atoms with Crippen molar-refractivity contribution in [3.8, 4) is 23.0 Å². The van der Waals surface area contributed by atoms with Crippen LogP contribution in [0.4, 0.5) is 0 Å². The third-order valence-corrected chi connectivity index (χ3v) is 14.3. The predicted molar refractivity (Wildman–Crippen MR) is 216 cm³/mol. The summed E-state index contributed by atoms with van der Waals surface area (Å²) in [5.41, 5.74) is 6.13. The molecule has 4 fully saturated rings. The zero-order chi connectivity index (χ0) is 38.7. The zero-order valence-electron chi connectivity index (χ0n) is 32.3. The minimum Gasteiger partial charge on any atom is -0.466 e. The molecule has 4 aliphatic carbocycles. The van der Waals surface area contributed by atoms with Gasteiger partial charge in [-0.2, -0.15) is 0 Å². The van der Waals surface area contributed by atoms with Gasteiger partial charge < -0.3 is 23.7 Å². The van der Waals surface area contributed by atoms with E-state index in [-0.39, 0.29) is 42.2 Å². The van der Waals surface area contributed by atoms with Gasteiger partial charge in [-0.3, -0.25) is 19.6 Å². The van der Waals surface area contributed by atoms with Crippen molar-refractivity contribution >= 4 is 45.2 Å². The molecule has 2 aromatic heterocycles. The second-order valence-electron chi connectivity index (χ2n) is 17.1. The molecule has 0 saturated heterocycles. The number of Topliss-reactive ketones (excluding diaryl/α,β-unsaturated/α-hetero) is 1. The number of hydrogen-bond donors (Lipinski definition) is 0. The van der Waals surface area contributed by atoms with Crippen LogP contribution in [0.2, 0.25) is 5.02 Å². The summed E-state index contributed by atoms with van der Waals surface area (Å²) in [5.74, 6) is 4.95. The van der Waals surface area contributed by atoms with Gasteiger partial charge in [0, 0.05) is 52.7 Å². The van der Waals surface area contributed by atoms with Crippen molar-refractivity contribution in [3.05, 3.63) is 94.8 Å². The van der Waals surface area contributed by atoms with E-state index in [1.165, 1.54) is 16.5 Å². The smallest absolute Gasteiger partial charge is 0.309 e. The van der Waals surface area contributed by atoms with Crippen LogP contribution in [0.1, 0.15) is 99.7 Å². The van der Waals surface area contributed by atoms with E-state index >= 15 is 0 Å². The standard InChI is InChI=1S/C26H24ClNO3.C21H23NO4/c27-18-3-1-16(2-4-18)11-23(29)21-14-26(21)8-5-17(6-9-26)19-7-10-28-22-13-25-24(12-20(19)22)30-15-31-25;1-2-24-20(23)16-11-21(16)6-3-13(4-7-21)14-5-8-22-17-10-19-18(9-15(14)17)25-12-26-19/h1-4,7,10,12-13,17,21H,5-6,8-9,11,14-15H2;5,8-10,13,16H,2-4,6-7,11-12H2,1H3. The van der Waals surface area contributed by atoms with Gasteiger partial charge >= 0.3 is 5.97 Å². The molecule has 0 bridgehead atoms. The van der Waals surface area contributed by atoms with Crippen molar-refractivity contribution in [1.29, 1.82) is 0 Å². The molecular formula is C47H47ClN2O7. The maximum absolute atomic E-state index is 12.9. The molecule has 2 spiro atoms. The van der Waals surface area contributed by atoms with Gasteiger partial charge in [-0.05, 0) is 147 Å². The Kier molecular flexibility index (Phi) is 9.27. The Balaban J connectivity index is 0.000000141. The number of carbonyl (C=O) groups excluding carboxylic acids is 2. The molecule has 10 heteroatoms. The highest BCUT2D eigenvalue weighted by atomic mass is 35.5. The first-order chi connectivity index (χ1) is 27.8. The average molecular weight is 787 g/mol. The Morgan fingerprint density at radius 2 is 1.16 bits per heavy atom. The quantitative estimate of drug-likeness (QED) is 0.149. The third-order valence-electron chi connectivity index (χ3n) is 14.0. The topological polar surface area (TPSA) is 106 Å². The van der Waals surface area contributed by atoms with Gasteiger partial charge in [-0.25, -0.2) is 0 Å². The fourth-order valence-electron chi connectivity index (χ4n) is 10.6. The second kappa shape index (κ2) is 14.5. The van der Waals surface area contributed by atoms with Crippen LogP contribution in [-0.2, 0) is 20.7 Å². The average Bonchev–Trinajstić information content (AvgIpc) is 3.95. The summed E-state index contributed by atoms with van der Waals surface area (Å²) >= 11 is 5.97. The van der Waals surface area contributed by atoms with Gasteiger partial charge in [-0.15, -0.1) is 0 Å². The first-order valence-electron chi connectivity index (χ1n) is 20.6. The molecule has 3 aromatic carbocycles. The van der Waals surface area contributed by atoms with Crippen molar-refractivity contribution < 1.29 is 33.3 Å². The summed E-state index contributed by atoms with van der Waals surface area (Å²) in [6.45, 7) is 2.91. The Labute approximate surface area is 337 Å². The van der Waals surface area contributed by atoms with Crippen LogP contribution in [0, 0.1) is 22.7 Å².